The molecule has 24 heavy (non-hydrogen) atoms. The van der Waals surface area contributed by atoms with Crippen molar-refractivity contribution >= 4 is 0 Å². The summed E-state index contributed by atoms with van der Waals surface area (Å²) in [6, 6.07) is 14.2. The number of nitrogens with zero attached hydrogens (tertiary/aromatic N) is 2. The molecule has 0 radical (unpaired) electrons. The molecule has 0 aliphatic carbocycles. The fourth-order valence-corrected chi connectivity index (χ4v) is 2.17. The van der Waals surface area contributed by atoms with Crippen molar-refractivity contribution in [3.63, 3.8) is 0 Å². The van der Waals surface area contributed by atoms with Gasteiger partial charge < -0.3 is 0 Å². The van der Waals surface area contributed by atoms with Gasteiger partial charge in [0.15, 0.2) is 0 Å². The Balaban J connectivity index is 0.000000400. The van der Waals surface area contributed by atoms with Crippen LogP contribution in [0.3, 0.4) is 0 Å². The molecule has 0 aliphatic heterocycles. The lowest BCUT2D eigenvalue weighted by molar-refractivity contribution is 0.854. The van der Waals surface area contributed by atoms with Crippen LogP contribution in [0.4, 0.5) is 0 Å². The Kier molecular flexibility index (Phi) is 10.4. The smallest absolute Gasteiger partial charge is 0.0991 e. The Bertz CT molecular complexity index is 629. The largest absolute Gasteiger partial charge is 0.258 e. The van der Waals surface area contributed by atoms with Crippen molar-refractivity contribution in [1.29, 1.82) is 5.26 Å². The molecule has 1 aromatic carbocycles. The van der Waals surface area contributed by atoms with E-state index in [-0.39, 0.29) is 0 Å². The van der Waals surface area contributed by atoms with E-state index in [9.17, 15) is 0 Å². The number of pyridine rings is 1. The van der Waals surface area contributed by atoms with Gasteiger partial charge in [-0.2, -0.15) is 5.26 Å². The first kappa shape index (κ1) is 21.9. The molecule has 2 nitrogen and oxygen atoms in total. The van der Waals surface area contributed by atoms with E-state index >= 15 is 0 Å². The zero-order valence-electron chi connectivity index (χ0n) is 16.5. The molecule has 2 heteroatoms. The summed E-state index contributed by atoms with van der Waals surface area (Å²) < 4.78 is 0. The molecule has 2 rings (SSSR count). The average Bonchev–Trinajstić information content (AvgIpc) is 2.56. The van der Waals surface area contributed by atoms with E-state index in [2.05, 4.69) is 50.9 Å². The fourth-order valence-electron chi connectivity index (χ4n) is 2.17. The van der Waals surface area contributed by atoms with Gasteiger partial charge in [-0.25, -0.2) is 0 Å². The van der Waals surface area contributed by atoms with Crippen LogP contribution in [0, 0.1) is 25.2 Å². The summed E-state index contributed by atoms with van der Waals surface area (Å²) in [5, 5.41) is 8.59. The highest BCUT2D eigenvalue weighted by atomic mass is 14.7. The molecule has 0 N–H and O–H groups in total. The lowest BCUT2D eigenvalue weighted by Gasteiger charge is -2.06. The highest BCUT2D eigenvalue weighted by Crippen LogP contribution is 2.15. The Labute approximate surface area is 148 Å². The predicted molar refractivity (Wildman–Crippen MR) is 104 cm³/mol. The number of rotatable bonds is 2. The van der Waals surface area contributed by atoms with Crippen molar-refractivity contribution in [2.75, 3.05) is 0 Å². The van der Waals surface area contributed by atoms with E-state index in [1.165, 1.54) is 11.1 Å². The molecule has 0 fully saturated rings. The summed E-state index contributed by atoms with van der Waals surface area (Å²) in [6.07, 6.45) is 0. The SMILES string of the molecule is CC.CC(C)c1cccc(C#N)c1.Cc1cc(C(C)C)cc(C)n1. The van der Waals surface area contributed by atoms with E-state index in [1.54, 1.807) is 0 Å². The standard InChI is InChI=1S/C10H15N.C10H11N.C2H6/c1-7(2)10-5-8(3)11-9(4)6-10;1-8(2)10-5-3-4-9(6-10)7-11;1-2/h5-7H,1-4H3;3-6,8H,1-2H3;1-2H3. The third-order valence-corrected chi connectivity index (χ3v) is 3.45. The first-order valence-electron chi connectivity index (χ1n) is 8.78. The number of nitriles is 1. The maximum atomic E-state index is 8.59. The summed E-state index contributed by atoms with van der Waals surface area (Å²) in [7, 11) is 0. The van der Waals surface area contributed by atoms with Gasteiger partial charge >= 0.3 is 0 Å². The Hall–Kier alpha value is -2.14. The molecule has 0 saturated heterocycles. The minimum absolute atomic E-state index is 0.503. The second-order valence-electron chi connectivity index (χ2n) is 6.23. The zero-order chi connectivity index (χ0) is 18.7. The quantitative estimate of drug-likeness (QED) is 0.629. The van der Waals surface area contributed by atoms with E-state index < -0.39 is 0 Å². The molecule has 0 saturated carbocycles. The summed E-state index contributed by atoms with van der Waals surface area (Å²) >= 11 is 0. The maximum absolute atomic E-state index is 8.59. The number of hydrogen-bond acceptors (Lipinski definition) is 2. The lowest BCUT2D eigenvalue weighted by Crippen LogP contribution is -1.92. The van der Waals surface area contributed by atoms with Gasteiger partial charge in [0.2, 0.25) is 0 Å². The van der Waals surface area contributed by atoms with Crippen molar-refractivity contribution in [2.45, 2.75) is 67.2 Å². The zero-order valence-corrected chi connectivity index (χ0v) is 16.5. The van der Waals surface area contributed by atoms with E-state index in [0.29, 0.717) is 11.8 Å². The van der Waals surface area contributed by atoms with Crippen molar-refractivity contribution < 1.29 is 0 Å². The molecular weight excluding hydrogens is 292 g/mol. The third-order valence-electron chi connectivity index (χ3n) is 3.45. The molecule has 130 valence electrons. The normalized spacial score (nSPS) is 9.54. The molecule has 0 spiro atoms. The van der Waals surface area contributed by atoms with Crippen molar-refractivity contribution in [1.82, 2.24) is 4.98 Å². The number of aromatic nitrogens is 1. The highest BCUT2D eigenvalue weighted by molar-refractivity contribution is 5.33. The first-order valence-corrected chi connectivity index (χ1v) is 8.78. The number of hydrogen-bond donors (Lipinski definition) is 0. The number of aryl methyl sites for hydroxylation is 2. The highest BCUT2D eigenvalue weighted by Gasteiger charge is 2.00. The molecule has 0 bridgehead atoms. The summed E-state index contributed by atoms with van der Waals surface area (Å²) in [6.45, 7) is 16.7. The third kappa shape index (κ3) is 7.92. The van der Waals surface area contributed by atoms with Gasteiger partial charge in [-0.15, -0.1) is 0 Å². The molecule has 0 atom stereocenters. The minimum Gasteiger partial charge on any atom is -0.258 e. The van der Waals surface area contributed by atoms with Crippen molar-refractivity contribution in [3.05, 3.63) is 64.5 Å². The van der Waals surface area contributed by atoms with Gasteiger partial charge in [0.1, 0.15) is 0 Å². The van der Waals surface area contributed by atoms with Gasteiger partial charge in [0.25, 0.3) is 0 Å². The monoisotopic (exact) mass is 324 g/mol. The lowest BCUT2D eigenvalue weighted by atomic mass is 10.0. The molecule has 1 aromatic heterocycles. The summed E-state index contributed by atoms with van der Waals surface area (Å²) in [5.41, 5.74) is 5.60. The molecule has 0 unspecified atom stereocenters. The predicted octanol–water partition coefficient (Wildman–Crippen LogP) is 6.53. The van der Waals surface area contributed by atoms with Crippen LogP contribution in [0.2, 0.25) is 0 Å². The molecule has 0 amide bonds. The van der Waals surface area contributed by atoms with Gasteiger partial charge in [0.05, 0.1) is 11.6 Å². The fraction of sp³-hybridized carbons (Fsp3) is 0.455. The number of benzene rings is 1. The van der Waals surface area contributed by atoms with Crippen molar-refractivity contribution in [3.8, 4) is 6.07 Å². The second-order valence-corrected chi connectivity index (χ2v) is 6.23. The summed E-state index contributed by atoms with van der Waals surface area (Å²) in [4.78, 5) is 4.32. The minimum atomic E-state index is 0.503. The van der Waals surface area contributed by atoms with Crippen LogP contribution >= 0.6 is 0 Å². The van der Waals surface area contributed by atoms with Crippen LogP contribution in [0.25, 0.3) is 0 Å². The Morgan fingerprint density at radius 3 is 1.75 bits per heavy atom. The first-order chi connectivity index (χ1) is 11.3. The topological polar surface area (TPSA) is 36.7 Å². The molecule has 0 aliphatic rings. The van der Waals surface area contributed by atoms with E-state index in [0.717, 1.165) is 17.0 Å². The maximum Gasteiger partial charge on any atom is 0.0991 e. The van der Waals surface area contributed by atoms with Crippen LogP contribution in [-0.2, 0) is 0 Å². The molecular formula is C22H32N2. The van der Waals surface area contributed by atoms with E-state index in [1.807, 2.05) is 52.0 Å². The average molecular weight is 325 g/mol. The van der Waals surface area contributed by atoms with Crippen LogP contribution < -0.4 is 0 Å². The summed E-state index contributed by atoms with van der Waals surface area (Å²) in [5.74, 6) is 1.11. The second kappa shape index (κ2) is 11.4. The van der Waals surface area contributed by atoms with Gasteiger partial charge in [0, 0.05) is 11.4 Å². The van der Waals surface area contributed by atoms with Crippen molar-refractivity contribution in [2.24, 2.45) is 0 Å². The Morgan fingerprint density at radius 1 is 0.833 bits per heavy atom. The van der Waals surface area contributed by atoms with Gasteiger partial charge in [-0.05, 0) is 61.1 Å². The van der Waals surface area contributed by atoms with Crippen LogP contribution in [-0.4, -0.2) is 4.98 Å². The van der Waals surface area contributed by atoms with Gasteiger partial charge in [-0.1, -0.05) is 53.7 Å². The Morgan fingerprint density at radius 2 is 1.33 bits per heavy atom. The van der Waals surface area contributed by atoms with Crippen LogP contribution in [0.5, 0.6) is 0 Å². The van der Waals surface area contributed by atoms with E-state index in [4.69, 9.17) is 5.26 Å². The molecule has 1 heterocycles. The van der Waals surface area contributed by atoms with Crippen LogP contribution in [0.1, 0.15) is 81.5 Å². The molecule has 2 aromatic rings. The van der Waals surface area contributed by atoms with Gasteiger partial charge in [-0.3, -0.25) is 4.98 Å². The van der Waals surface area contributed by atoms with Crippen LogP contribution in [0.15, 0.2) is 36.4 Å².